The van der Waals surface area contributed by atoms with E-state index in [0.717, 1.165) is 10.6 Å². The SMILES string of the molecule is O=C(O)[C@@H]1[C@@H](c2ccc([N+](=O)[O-])cc2)CC(c2ccccc2)N1O. The third kappa shape index (κ3) is 2.86. The fraction of sp³-hybridized carbons (Fsp3) is 0.235. The summed E-state index contributed by atoms with van der Waals surface area (Å²) in [7, 11) is 0. The second-order valence-corrected chi connectivity index (χ2v) is 5.78. The summed E-state index contributed by atoms with van der Waals surface area (Å²) in [5, 5.41) is 31.5. The largest absolute Gasteiger partial charge is 0.480 e. The topological polar surface area (TPSA) is 104 Å². The monoisotopic (exact) mass is 328 g/mol. The Morgan fingerprint density at radius 3 is 2.25 bits per heavy atom. The van der Waals surface area contributed by atoms with E-state index in [1.54, 1.807) is 12.1 Å². The highest BCUT2D eigenvalue weighted by Crippen LogP contribution is 2.44. The lowest BCUT2D eigenvalue weighted by molar-refractivity contribution is -0.384. The Labute approximate surface area is 137 Å². The molecule has 124 valence electrons. The zero-order valence-electron chi connectivity index (χ0n) is 12.6. The van der Waals surface area contributed by atoms with Gasteiger partial charge in [-0.05, 0) is 17.5 Å². The zero-order chi connectivity index (χ0) is 17.3. The summed E-state index contributed by atoms with van der Waals surface area (Å²) in [5.41, 5.74) is 1.44. The number of non-ortho nitro benzene ring substituents is 1. The smallest absolute Gasteiger partial charge is 0.323 e. The van der Waals surface area contributed by atoms with Gasteiger partial charge in [-0.25, -0.2) is 0 Å². The van der Waals surface area contributed by atoms with E-state index < -0.39 is 28.9 Å². The molecule has 0 spiro atoms. The van der Waals surface area contributed by atoms with Gasteiger partial charge in [-0.3, -0.25) is 14.9 Å². The number of benzene rings is 2. The van der Waals surface area contributed by atoms with Gasteiger partial charge in [0.25, 0.3) is 5.69 Å². The molecular weight excluding hydrogens is 312 g/mol. The van der Waals surface area contributed by atoms with E-state index in [0.29, 0.717) is 12.0 Å². The molecule has 0 radical (unpaired) electrons. The summed E-state index contributed by atoms with van der Waals surface area (Å²) in [6.07, 6.45) is 0.412. The van der Waals surface area contributed by atoms with Crippen molar-refractivity contribution in [2.45, 2.75) is 24.4 Å². The maximum Gasteiger partial charge on any atom is 0.323 e. The molecule has 1 saturated heterocycles. The first kappa shape index (κ1) is 16.1. The Bertz CT molecular complexity index is 747. The van der Waals surface area contributed by atoms with Crippen molar-refractivity contribution in [2.24, 2.45) is 0 Å². The average Bonchev–Trinajstić information content (AvgIpc) is 2.93. The predicted octanol–water partition coefficient (Wildman–Crippen LogP) is 2.97. The summed E-state index contributed by atoms with van der Waals surface area (Å²) in [4.78, 5) is 21.9. The molecule has 7 heteroatoms. The zero-order valence-corrected chi connectivity index (χ0v) is 12.6. The highest BCUT2D eigenvalue weighted by molar-refractivity contribution is 5.75. The summed E-state index contributed by atoms with van der Waals surface area (Å²) in [5.74, 6) is -1.59. The van der Waals surface area contributed by atoms with Crippen molar-refractivity contribution in [1.29, 1.82) is 0 Å². The Morgan fingerprint density at radius 1 is 1.08 bits per heavy atom. The first-order valence-corrected chi connectivity index (χ1v) is 7.48. The molecule has 0 saturated carbocycles. The summed E-state index contributed by atoms with van der Waals surface area (Å²) in [6.45, 7) is 0. The number of nitrogens with zero attached hydrogens (tertiary/aromatic N) is 2. The van der Waals surface area contributed by atoms with Crippen LogP contribution in [0.15, 0.2) is 54.6 Å². The quantitative estimate of drug-likeness (QED) is 0.660. The number of carboxylic acid groups (broad SMARTS) is 1. The fourth-order valence-corrected chi connectivity index (χ4v) is 3.27. The van der Waals surface area contributed by atoms with Crippen molar-refractivity contribution >= 4 is 11.7 Å². The van der Waals surface area contributed by atoms with E-state index in [2.05, 4.69) is 0 Å². The Hall–Kier alpha value is -2.77. The lowest BCUT2D eigenvalue weighted by Crippen LogP contribution is -2.37. The van der Waals surface area contributed by atoms with Crippen molar-refractivity contribution < 1.29 is 20.0 Å². The van der Waals surface area contributed by atoms with Gasteiger partial charge in [-0.15, -0.1) is 0 Å². The molecule has 2 aromatic rings. The third-order valence-electron chi connectivity index (χ3n) is 4.43. The van der Waals surface area contributed by atoms with Crippen LogP contribution in [0.3, 0.4) is 0 Å². The van der Waals surface area contributed by atoms with Gasteiger partial charge in [0.15, 0.2) is 0 Å². The Morgan fingerprint density at radius 2 is 1.71 bits per heavy atom. The fourth-order valence-electron chi connectivity index (χ4n) is 3.27. The minimum absolute atomic E-state index is 0.0518. The maximum atomic E-state index is 11.6. The number of carbonyl (C=O) groups is 1. The van der Waals surface area contributed by atoms with Crippen LogP contribution in [0.5, 0.6) is 0 Å². The molecule has 0 amide bonds. The summed E-state index contributed by atoms with van der Waals surface area (Å²) in [6, 6.07) is 13.5. The van der Waals surface area contributed by atoms with Gasteiger partial charge in [-0.2, -0.15) is 5.06 Å². The molecule has 1 aliphatic rings. The van der Waals surface area contributed by atoms with Crippen LogP contribution < -0.4 is 0 Å². The molecule has 0 aromatic heterocycles. The second kappa shape index (κ2) is 6.38. The molecule has 3 atom stereocenters. The van der Waals surface area contributed by atoms with Gasteiger partial charge >= 0.3 is 5.97 Å². The first-order valence-electron chi connectivity index (χ1n) is 7.48. The lowest BCUT2D eigenvalue weighted by Gasteiger charge is -2.22. The van der Waals surface area contributed by atoms with Gasteiger partial charge < -0.3 is 10.3 Å². The number of nitro groups is 1. The van der Waals surface area contributed by atoms with E-state index in [9.17, 15) is 25.2 Å². The molecule has 0 bridgehead atoms. The number of hydrogen-bond donors (Lipinski definition) is 2. The van der Waals surface area contributed by atoms with E-state index in [1.807, 2.05) is 30.3 Å². The van der Waals surface area contributed by atoms with Crippen LogP contribution in [-0.2, 0) is 4.79 Å². The minimum atomic E-state index is -1.13. The van der Waals surface area contributed by atoms with Crippen LogP contribution in [-0.4, -0.2) is 32.3 Å². The molecular formula is C17H16N2O5. The molecule has 2 aromatic carbocycles. The molecule has 2 N–H and O–H groups in total. The molecule has 24 heavy (non-hydrogen) atoms. The minimum Gasteiger partial charge on any atom is -0.480 e. The van der Waals surface area contributed by atoms with Crippen LogP contribution in [0.25, 0.3) is 0 Å². The van der Waals surface area contributed by atoms with Crippen LogP contribution in [0.2, 0.25) is 0 Å². The molecule has 1 fully saturated rings. The number of hydroxylamine groups is 2. The third-order valence-corrected chi connectivity index (χ3v) is 4.43. The van der Waals surface area contributed by atoms with Crippen molar-refractivity contribution in [1.82, 2.24) is 5.06 Å². The van der Waals surface area contributed by atoms with Gasteiger partial charge in [-0.1, -0.05) is 42.5 Å². The van der Waals surface area contributed by atoms with E-state index >= 15 is 0 Å². The highest BCUT2D eigenvalue weighted by atomic mass is 16.6. The van der Waals surface area contributed by atoms with Gasteiger partial charge in [0.2, 0.25) is 0 Å². The highest BCUT2D eigenvalue weighted by Gasteiger charge is 2.46. The van der Waals surface area contributed by atoms with Crippen LogP contribution >= 0.6 is 0 Å². The van der Waals surface area contributed by atoms with Crippen molar-refractivity contribution in [2.75, 3.05) is 0 Å². The van der Waals surface area contributed by atoms with E-state index in [-0.39, 0.29) is 5.69 Å². The Balaban J connectivity index is 1.94. The lowest BCUT2D eigenvalue weighted by atomic mass is 9.89. The van der Waals surface area contributed by atoms with Crippen molar-refractivity contribution in [3.63, 3.8) is 0 Å². The number of carboxylic acids is 1. The molecule has 1 heterocycles. The molecule has 3 rings (SSSR count). The predicted molar refractivity (Wildman–Crippen MR) is 84.7 cm³/mol. The van der Waals surface area contributed by atoms with Crippen molar-refractivity contribution in [3.8, 4) is 0 Å². The van der Waals surface area contributed by atoms with Crippen LogP contribution in [0.1, 0.15) is 29.5 Å². The van der Waals surface area contributed by atoms with E-state index in [1.165, 1.54) is 12.1 Å². The first-order chi connectivity index (χ1) is 11.5. The van der Waals surface area contributed by atoms with Gasteiger partial charge in [0.05, 0.1) is 11.0 Å². The summed E-state index contributed by atoms with van der Waals surface area (Å²) < 4.78 is 0. The number of hydrogen-bond acceptors (Lipinski definition) is 5. The van der Waals surface area contributed by atoms with Crippen molar-refractivity contribution in [3.05, 3.63) is 75.8 Å². The van der Waals surface area contributed by atoms with Gasteiger partial charge in [0, 0.05) is 18.1 Å². The number of nitro benzene ring substituents is 1. The molecule has 1 aliphatic heterocycles. The van der Waals surface area contributed by atoms with Crippen LogP contribution in [0.4, 0.5) is 5.69 Å². The molecule has 1 unspecified atom stereocenters. The maximum absolute atomic E-state index is 11.6. The molecule has 0 aliphatic carbocycles. The van der Waals surface area contributed by atoms with Crippen LogP contribution in [0, 0.1) is 10.1 Å². The standard InChI is InChI=1S/C17H16N2O5/c20-17(21)16-14(11-6-8-13(9-7-11)19(23)24)10-15(18(16)22)12-4-2-1-3-5-12/h1-9,14-16,22H,10H2,(H,20,21)/t14-,15?,16+/m1/s1. The molecule has 7 nitrogen and oxygen atoms in total. The average molecular weight is 328 g/mol. The van der Waals surface area contributed by atoms with Gasteiger partial charge in [0.1, 0.15) is 6.04 Å². The number of rotatable bonds is 4. The summed E-state index contributed by atoms with van der Waals surface area (Å²) >= 11 is 0. The Kier molecular flexibility index (Phi) is 4.28. The number of aliphatic carboxylic acids is 1. The second-order valence-electron chi connectivity index (χ2n) is 5.78. The normalized spacial score (nSPS) is 24.0. The van der Waals surface area contributed by atoms with E-state index in [4.69, 9.17) is 0 Å².